The molecule has 0 N–H and O–H groups in total. The minimum atomic E-state index is 0.113. The Morgan fingerprint density at radius 1 is 1.13 bits per heavy atom. The van der Waals surface area contributed by atoms with Crippen molar-refractivity contribution in [2.75, 3.05) is 0 Å². The van der Waals surface area contributed by atoms with Gasteiger partial charge in [-0.25, -0.2) is 0 Å². The van der Waals surface area contributed by atoms with E-state index >= 15 is 0 Å². The van der Waals surface area contributed by atoms with E-state index in [1.807, 2.05) is 0 Å². The molecule has 4 rings (SSSR count). The summed E-state index contributed by atoms with van der Waals surface area (Å²) in [6.07, 6.45) is 6.53. The average molecular weight is 203 g/mol. The Balaban J connectivity index is 1.92. The molecule has 0 aromatic carbocycles. The smallest absolute Gasteiger partial charge is 0.0690 e. The lowest BCUT2D eigenvalue weighted by Gasteiger charge is -2.58. The predicted octanol–water partition coefficient (Wildman–Crippen LogP) is 3.61. The molecule has 4 aliphatic rings. The van der Waals surface area contributed by atoms with Crippen LogP contribution < -0.4 is 0 Å². The molecule has 4 fully saturated rings. The Hall–Kier alpha value is -0.510. The van der Waals surface area contributed by atoms with Crippen LogP contribution >= 0.6 is 0 Å². The molecule has 0 heterocycles. The van der Waals surface area contributed by atoms with Gasteiger partial charge < -0.3 is 0 Å². The fourth-order valence-corrected chi connectivity index (χ4v) is 5.29. The molecule has 4 bridgehead atoms. The molecule has 15 heavy (non-hydrogen) atoms. The van der Waals surface area contributed by atoms with Crippen LogP contribution in [0.4, 0.5) is 0 Å². The fraction of sp³-hybridized carbons (Fsp3) is 0.929. The van der Waals surface area contributed by atoms with E-state index in [1.165, 1.54) is 32.1 Å². The molecule has 0 spiro atoms. The summed E-state index contributed by atoms with van der Waals surface area (Å²) in [5.41, 5.74) is 0.113. The molecule has 4 saturated carbocycles. The van der Waals surface area contributed by atoms with E-state index < -0.39 is 0 Å². The van der Waals surface area contributed by atoms with Crippen molar-refractivity contribution < 1.29 is 0 Å². The molecule has 1 nitrogen and oxygen atoms in total. The van der Waals surface area contributed by atoms with Gasteiger partial charge in [0.05, 0.1) is 11.5 Å². The maximum absolute atomic E-state index is 9.41. The van der Waals surface area contributed by atoms with Gasteiger partial charge in [0.15, 0.2) is 0 Å². The molecule has 4 aliphatic carbocycles. The first kappa shape index (κ1) is 9.70. The highest BCUT2D eigenvalue weighted by molar-refractivity contribution is 5.13. The highest BCUT2D eigenvalue weighted by atomic mass is 14.6. The van der Waals surface area contributed by atoms with Crippen LogP contribution in [-0.2, 0) is 0 Å². The summed E-state index contributed by atoms with van der Waals surface area (Å²) < 4.78 is 0. The van der Waals surface area contributed by atoms with E-state index in [2.05, 4.69) is 19.9 Å². The predicted molar refractivity (Wildman–Crippen MR) is 59.9 cm³/mol. The minimum Gasteiger partial charge on any atom is -0.198 e. The van der Waals surface area contributed by atoms with Crippen LogP contribution in [0.3, 0.4) is 0 Å². The Kier molecular flexibility index (Phi) is 1.94. The quantitative estimate of drug-likeness (QED) is 0.638. The van der Waals surface area contributed by atoms with Gasteiger partial charge in [-0.2, -0.15) is 5.26 Å². The fourth-order valence-electron chi connectivity index (χ4n) is 5.29. The van der Waals surface area contributed by atoms with Gasteiger partial charge in [0.1, 0.15) is 0 Å². The summed E-state index contributed by atoms with van der Waals surface area (Å²) in [6.45, 7) is 4.76. The summed E-state index contributed by atoms with van der Waals surface area (Å²) in [4.78, 5) is 0. The van der Waals surface area contributed by atoms with Crippen molar-refractivity contribution in [3.05, 3.63) is 0 Å². The lowest BCUT2D eigenvalue weighted by atomic mass is 9.45. The van der Waals surface area contributed by atoms with Crippen molar-refractivity contribution in [3.8, 4) is 6.07 Å². The van der Waals surface area contributed by atoms with Crippen molar-refractivity contribution in [1.29, 1.82) is 5.26 Å². The number of hydrogen-bond acceptors (Lipinski definition) is 1. The zero-order valence-electron chi connectivity index (χ0n) is 9.87. The third kappa shape index (κ3) is 1.27. The maximum Gasteiger partial charge on any atom is 0.0690 e. The van der Waals surface area contributed by atoms with Gasteiger partial charge >= 0.3 is 0 Å². The van der Waals surface area contributed by atoms with Crippen molar-refractivity contribution in [1.82, 2.24) is 0 Å². The molecule has 0 aromatic heterocycles. The first-order valence-corrected chi connectivity index (χ1v) is 6.55. The molecule has 1 heteroatoms. The molecule has 0 saturated heterocycles. The number of hydrogen-bond donors (Lipinski definition) is 0. The van der Waals surface area contributed by atoms with Crippen molar-refractivity contribution in [2.24, 2.45) is 35.0 Å². The van der Waals surface area contributed by atoms with Gasteiger partial charge in [0.25, 0.3) is 0 Å². The number of nitriles is 1. The van der Waals surface area contributed by atoms with Crippen LogP contribution in [0, 0.1) is 46.3 Å². The summed E-state index contributed by atoms with van der Waals surface area (Å²) >= 11 is 0. The topological polar surface area (TPSA) is 23.8 Å². The first-order chi connectivity index (χ1) is 7.13. The summed E-state index contributed by atoms with van der Waals surface area (Å²) in [6, 6.07) is 2.67. The molecule has 0 radical (unpaired) electrons. The molecule has 0 aromatic rings. The largest absolute Gasteiger partial charge is 0.198 e. The standard InChI is InChI=1S/C14H21N/c1-9(2)13-11-3-10-4-12(13)7-14(5-10,6-11)8-15/h9-13H,3-7H2,1-2H3. The van der Waals surface area contributed by atoms with Crippen LogP contribution in [0.1, 0.15) is 46.0 Å². The Labute approximate surface area is 92.9 Å². The van der Waals surface area contributed by atoms with E-state index in [9.17, 15) is 5.26 Å². The Bertz CT molecular complexity index is 296. The molecule has 82 valence electrons. The summed E-state index contributed by atoms with van der Waals surface area (Å²) in [7, 11) is 0. The number of rotatable bonds is 1. The van der Waals surface area contributed by atoms with Crippen molar-refractivity contribution >= 4 is 0 Å². The van der Waals surface area contributed by atoms with Gasteiger partial charge in [-0.1, -0.05) is 13.8 Å². The zero-order valence-corrected chi connectivity index (χ0v) is 9.87. The Morgan fingerprint density at radius 2 is 1.73 bits per heavy atom. The van der Waals surface area contributed by atoms with Crippen LogP contribution in [0.25, 0.3) is 0 Å². The van der Waals surface area contributed by atoms with E-state index in [0.29, 0.717) is 0 Å². The van der Waals surface area contributed by atoms with Crippen LogP contribution in [-0.4, -0.2) is 0 Å². The maximum atomic E-state index is 9.41. The third-order valence-corrected chi connectivity index (χ3v) is 5.35. The minimum absolute atomic E-state index is 0.113. The first-order valence-electron chi connectivity index (χ1n) is 6.55. The lowest BCUT2D eigenvalue weighted by Crippen LogP contribution is -2.51. The second kappa shape index (κ2) is 3.00. The van der Waals surface area contributed by atoms with Crippen molar-refractivity contribution in [2.45, 2.75) is 46.0 Å². The zero-order chi connectivity index (χ0) is 10.6. The number of nitrogens with zero attached hydrogens (tertiary/aromatic N) is 1. The van der Waals surface area contributed by atoms with Gasteiger partial charge in [-0.15, -0.1) is 0 Å². The Morgan fingerprint density at radius 3 is 2.20 bits per heavy atom. The van der Waals surface area contributed by atoms with Gasteiger partial charge in [-0.3, -0.25) is 0 Å². The molecule has 2 atom stereocenters. The van der Waals surface area contributed by atoms with Gasteiger partial charge in [0, 0.05) is 0 Å². The van der Waals surface area contributed by atoms with E-state index in [1.54, 1.807) is 0 Å². The third-order valence-electron chi connectivity index (χ3n) is 5.35. The van der Waals surface area contributed by atoms with E-state index in [-0.39, 0.29) is 5.41 Å². The van der Waals surface area contributed by atoms with Gasteiger partial charge in [-0.05, 0) is 61.7 Å². The molecular formula is C14H21N. The molecular weight excluding hydrogens is 182 g/mol. The second-order valence-corrected chi connectivity index (χ2v) is 6.68. The van der Waals surface area contributed by atoms with Gasteiger partial charge in [0.2, 0.25) is 0 Å². The second-order valence-electron chi connectivity index (χ2n) is 6.68. The SMILES string of the molecule is CC(C)C1C2CC3CC1CC(C#N)(C3)C2. The van der Waals surface area contributed by atoms with Crippen LogP contribution in [0.5, 0.6) is 0 Å². The summed E-state index contributed by atoms with van der Waals surface area (Å²) in [5, 5.41) is 9.41. The molecule has 0 amide bonds. The highest BCUT2D eigenvalue weighted by Gasteiger charge is 2.55. The van der Waals surface area contributed by atoms with E-state index in [0.717, 1.165) is 29.6 Å². The lowest BCUT2D eigenvalue weighted by molar-refractivity contribution is -0.0841. The van der Waals surface area contributed by atoms with E-state index in [4.69, 9.17) is 0 Å². The monoisotopic (exact) mass is 203 g/mol. The molecule has 0 aliphatic heterocycles. The van der Waals surface area contributed by atoms with Crippen LogP contribution in [0.2, 0.25) is 0 Å². The summed E-state index contributed by atoms with van der Waals surface area (Å²) in [5.74, 6) is 4.43. The highest BCUT2D eigenvalue weighted by Crippen LogP contribution is 2.63. The van der Waals surface area contributed by atoms with Crippen molar-refractivity contribution in [3.63, 3.8) is 0 Å². The molecule has 2 unspecified atom stereocenters. The average Bonchev–Trinajstić information content (AvgIpc) is 2.15. The van der Waals surface area contributed by atoms with Crippen LogP contribution in [0.15, 0.2) is 0 Å². The normalized spacial score (nSPS) is 52.1.